The van der Waals surface area contributed by atoms with Gasteiger partial charge in [-0.1, -0.05) is 45.1 Å². The van der Waals surface area contributed by atoms with Gasteiger partial charge in [-0.05, 0) is 51.7 Å². The first kappa shape index (κ1) is 35.1. The average molecular weight is 583 g/mol. The molecule has 0 radical (unpaired) electrons. The predicted molar refractivity (Wildman–Crippen MR) is 153 cm³/mol. The lowest BCUT2D eigenvalue weighted by Crippen LogP contribution is -2.42. The number of epoxide rings is 1. The monoisotopic (exact) mass is 582 g/mol. The minimum Gasteiger partial charge on any atom is -0.457 e. The van der Waals surface area contributed by atoms with Crippen molar-refractivity contribution in [1.82, 2.24) is 0 Å². The van der Waals surface area contributed by atoms with Crippen molar-refractivity contribution in [2.75, 3.05) is 7.11 Å². The van der Waals surface area contributed by atoms with Crippen LogP contribution in [-0.2, 0) is 28.5 Å². The Bertz CT molecular complexity index is 964. The number of cyclic esters (lactones) is 1. The zero-order valence-electron chi connectivity index (χ0n) is 25.6. The van der Waals surface area contributed by atoms with Gasteiger partial charge in [0.2, 0.25) is 0 Å². The van der Waals surface area contributed by atoms with Crippen LogP contribution in [0.15, 0.2) is 36.0 Å². The first-order chi connectivity index (χ1) is 19.0. The Labute approximate surface area is 244 Å². The van der Waals surface area contributed by atoms with E-state index in [1.807, 2.05) is 20.8 Å². The molecule has 0 bridgehead atoms. The van der Waals surface area contributed by atoms with Gasteiger partial charge in [0, 0.05) is 25.9 Å². The molecule has 4 N–H and O–H groups in total. The van der Waals surface area contributed by atoms with E-state index in [-0.39, 0.29) is 37.4 Å². The summed E-state index contributed by atoms with van der Waals surface area (Å²) in [7, 11) is 1.65. The predicted octanol–water partition coefficient (Wildman–Crippen LogP) is 2.76. The Kier molecular flexibility index (Phi) is 12.8. The second-order valence-corrected chi connectivity index (χ2v) is 12.0. The number of aliphatic hydroxyl groups is 4. The number of carbonyl (C=O) groups is 2. The van der Waals surface area contributed by atoms with Crippen molar-refractivity contribution >= 4 is 11.9 Å². The summed E-state index contributed by atoms with van der Waals surface area (Å²) in [4.78, 5) is 24.3. The van der Waals surface area contributed by atoms with Crippen LogP contribution in [0.2, 0.25) is 0 Å². The molecule has 2 aliphatic rings. The van der Waals surface area contributed by atoms with E-state index in [0.29, 0.717) is 5.57 Å². The molecule has 0 aromatic heterocycles. The fraction of sp³-hybridized carbons (Fsp3) is 0.742. The van der Waals surface area contributed by atoms with Gasteiger partial charge in [0.1, 0.15) is 35.6 Å². The highest BCUT2D eigenvalue weighted by Gasteiger charge is 2.53. The lowest BCUT2D eigenvalue weighted by molar-refractivity contribution is -0.157. The Morgan fingerprint density at radius 1 is 1.29 bits per heavy atom. The normalized spacial score (nSPS) is 36.2. The van der Waals surface area contributed by atoms with Crippen molar-refractivity contribution in [1.29, 1.82) is 0 Å². The van der Waals surface area contributed by atoms with Gasteiger partial charge in [0.15, 0.2) is 0 Å². The van der Waals surface area contributed by atoms with E-state index in [9.17, 15) is 30.0 Å². The number of aliphatic hydroxyl groups excluding tert-OH is 2. The van der Waals surface area contributed by atoms with Crippen LogP contribution in [0, 0.1) is 11.8 Å². The highest BCUT2D eigenvalue weighted by Crippen LogP contribution is 2.38. The molecule has 234 valence electrons. The summed E-state index contributed by atoms with van der Waals surface area (Å²) in [6, 6.07) is 0. The maximum atomic E-state index is 12.6. The largest absolute Gasteiger partial charge is 0.457 e. The highest BCUT2D eigenvalue weighted by atomic mass is 16.6. The molecule has 41 heavy (non-hydrogen) atoms. The van der Waals surface area contributed by atoms with Gasteiger partial charge < -0.3 is 39.4 Å². The Balaban J connectivity index is 2.22. The second-order valence-electron chi connectivity index (χ2n) is 12.0. The van der Waals surface area contributed by atoms with Crippen molar-refractivity contribution in [2.45, 2.75) is 128 Å². The lowest BCUT2D eigenvalue weighted by atomic mass is 9.88. The third-order valence-electron chi connectivity index (χ3n) is 8.14. The van der Waals surface area contributed by atoms with Gasteiger partial charge in [0.25, 0.3) is 0 Å². The molecule has 2 aliphatic heterocycles. The summed E-state index contributed by atoms with van der Waals surface area (Å²) in [5.74, 6) is -1.49. The molecule has 0 aliphatic carbocycles. The summed E-state index contributed by atoms with van der Waals surface area (Å²) in [5, 5.41) is 43.1. The van der Waals surface area contributed by atoms with Crippen molar-refractivity contribution in [2.24, 2.45) is 11.8 Å². The number of hydrogen-bond donors (Lipinski definition) is 4. The molecular weight excluding hydrogens is 532 g/mol. The van der Waals surface area contributed by atoms with Crippen molar-refractivity contribution in [3.05, 3.63) is 36.0 Å². The molecular formula is C31H50O10. The van der Waals surface area contributed by atoms with Crippen LogP contribution in [0.5, 0.6) is 0 Å². The third-order valence-corrected chi connectivity index (χ3v) is 8.14. The van der Waals surface area contributed by atoms with Crippen LogP contribution >= 0.6 is 0 Å². The highest BCUT2D eigenvalue weighted by molar-refractivity contribution is 5.70. The Morgan fingerprint density at radius 2 is 1.95 bits per heavy atom. The molecule has 10 heteroatoms. The topological polar surface area (TPSA) is 155 Å². The first-order valence-corrected chi connectivity index (χ1v) is 14.4. The number of rotatable bonds is 10. The maximum Gasteiger partial charge on any atom is 0.309 e. The van der Waals surface area contributed by atoms with Gasteiger partial charge in [0.05, 0.1) is 24.7 Å². The van der Waals surface area contributed by atoms with Crippen LogP contribution in [0.3, 0.4) is 0 Å². The van der Waals surface area contributed by atoms with E-state index >= 15 is 0 Å². The molecule has 1 fully saturated rings. The SMILES string of the molecule is CCC(OC)C(C)C1OC1C(O)C(C)(O)/C=C/C=C(\C)C1OC(=O)CC(O)CCC(C)(O)C(OC(C)=O)/C=C/C1C. The fourth-order valence-corrected chi connectivity index (χ4v) is 5.33. The minimum absolute atomic E-state index is 0.00971. The maximum absolute atomic E-state index is 12.6. The van der Waals surface area contributed by atoms with Gasteiger partial charge in [-0.15, -0.1) is 0 Å². The lowest BCUT2D eigenvalue weighted by Gasteiger charge is -2.32. The number of hydrogen-bond acceptors (Lipinski definition) is 10. The average Bonchev–Trinajstić information content (AvgIpc) is 3.68. The van der Waals surface area contributed by atoms with E-state index in [4.69, 9.17) is 18.9 Å². The molecule has 0 aromatic carbocycles. The molecule has 10 nitrogen and oxygen atoms in total. The molecule has 1 saturated heterocycles. The number of ether oxygens (including phenoxy) is 4. The van der Waals surface area contributed by atoms with Crippen LogP contribution < -0.4 is 0 Å². The van der Waals surface area contributed by atoms with Crippen molar-refractivity contribution in [3.8, 4) is 0 Å². The van der Waals surface area contributed by atoms with E-state index in [0.717, 1.165) is 6.42 Å². The molecule has 11 unspecified atom stereocenters. The van der Waals surface area contributed by atoms with E-state index in [1.165, 1.54) is 26.8 Å². The van der Waals surface area contributed by atoms with E-state index in [1.54, 1.807) is 38.3 Å². The third kappa shape index (κ3) is 10.0. The molecule has 0 aromatic rings. The van der Waals surface area contributed by atoms with Gasteiger partial charge >= 0.3 is 11.9 Å². The summed E-state index contributed by atoms with van der Waals surface area (Å²) < 4.78 is 22.3. The van der Waals surface area contributed by atoms with Gasteiger partial charge in [-0.3, -0.25) is 9.59 Å². The molecule has 0 amide bonds. The molecule has 0 saturated carbocycles. The quantitative estimate of drug-likeness (QED) is 0.131. The molecule has 11 atom stereocenters. The Morgan fingerprint density at radius 3 is 2.54 bits per heavy atom. The van der Waals surface area contributed by atoms with Crippen LogP contribution in [0.4, 0.5) is 0 Å². The minimum atomic E-state index is -1.59. The number of allylic oxidation sites excluding steroid dienone is 2. The zero-order chi connectivity index (χ0) is 31.1. The van der Waals surface area contributed by atoms with E-state index in [2.05, 4.69) is 0 Å². The fourth-order valence-electron chi connectivity index (χ4n) is 5.33. The van der Waals surface area contributed by atoms with Crippen LogP contribution in [-0.4, -0.2) is 93.4 Å². The summed E-state index contributed by atoms with van der Waals surface area (Å²) in [5.41, 5.74) is -2.41. The van der Waals surface area contributed by atoms with Crippen LogP contribution in [0.1, 0.15) is 74.1 Å². The number of methoxy groups -OCH3 is 1. The van der Waals surface area contributed by atoms with Crippen molar-refractivity contribution < 1.29 is 49.0 Å². The standard InChI is InChI=1S/C31H50O10/c1-9-23(38-8)20(4)27-28(41-27)29(35)31(7,37)15-10-11-18(2)26-19(3)12-13-24(39-21(5)32)30(6,36)16-14-22(33)17-25(34)40-26/h10-13,15,19-20,22-24,26-29,33,35-37H,9,14,16-17H2,1-8H3/b13-12+,15-10+,18-11+. The molecule has 2 rings (SSSR count). The first-order valence-electron chi connectivity index (χ1n) is 14.4. The number of esters is 2. The molecule has 0 spiro atoms. The van der Waals surface area contributed by atoms with Crippen molar-refractivity contribution in [3.63, 3.8) is 0 Å². The molecule has 2 heterocycles. The number of carbonyl (C=O) groups excluding carboxylic acids is 2. The zero-order valence-corrected chi connectivity index (χ0v) is 25.6. The second kappa shape index (κ2) is 14.9. The summed E-state index contributed by atoms with van der Waals surface area (Å²) >= 11 is 0. The smallest absolute Gasteiger partial charge is 0.309 e. The van der Waals surface area contributed by atoms with Crippen LogP contribution in [0.25, 0.3) is 0 Å². The summed E-state index contributed by atoms with van der Waals surface area (Å²) in [6.07, 6.45) is 4.13. The van der Waals surface area contributed by atoms with Gasteiger partial charge in [-0.25, -0.2) is 0 Å². The Hall–Kier alpha value is -2.08. The summed E-state index contributed by atoms with van der Waals surface area (Å²) in [6.45, 7) is 11.9. The van der Waals surface area contributed by atoms with Gasteiger partial charge in [-0.2, -0.15) is 0 Å². The van der Waals surface area contributed by atoms with E-state index < -0.39 is 59.6 Å².